The first-order valence-electron chi connectivity index (χ1n) is 22.0. The summed E-state index contributed by atoms with van der Waals surface area (Å²) in [6.07, 6.45) is 0. The third-order valence-corrected chi connectivity index (χ3v) is 14.1. The molecule has 12 heteroatoms. The fourth-order valence-corrected chi connectivity index (χ4v) is 9.97. The van der Waals surface area contributed by atoms with E-state index < -0.39 is 0 Å². The van der Waals surface area contributed by atoms with Crippen molar-refractivity contribution in [2.75, 3.05) is 0 Å². The predicted octanol–water partition coefficient (Wildman–Crippen LogP) is -2.34. The first-order valence-corrected chi connectivity index (χ1v) is 22.0. The Morgan fingerprint density at radius 1 is 0.254 bits per heavy atom. The van der Waals surface area contributed by atoms with Gasteiger partial charge in [-0.15, -0.1) is 21.9 Å². The van der Waals surface area contributed by atoms with Gasteiger partial charge in [-0.1, -0.05) is 143 Å². The zero-order valence-corrected chi connectivity index (χ0v) is 37.7. The van der Waals surface area contributed by atoms with E-state index >= 15 is 0 Å². The summed E-state index contributed by atoms with van der Waals surface area (Å²) >= 11 is 0. The Balaban J connectivity index is 1.10. The van der Waals surface area contributed by atoms with Crippen LogP contribution in [0.3, 0.4) is 0 Å². The van der Waals surface area contributed by atoms with Gasteiger partial charge in [-0.25, -0.2) is 15.0 Å². The van der Waals surface area contributed by atoms with Crippen LogP contribution in [-0.4, -0.2) is 85.6 Å². The lowest BCUT2D eigenvalue weighted by atomic mass is 9.59. The molecule has 0 radical (unpaired) electrons. The number of rotatable bonds is 6. The van der Waals surface area contributed by atoms with E-state index in [0.717, 1.165) is 27.5 Å². The van der Waals surface area contributed by atoms with Gasteiger partial charge >= 0.3 is 0 Å². The monoisotopic (exact) mass is 795 g/mol. The van der Waals surface area contributed by atoms with Crippen molar-refractivity contribution in [2.45, 2.75) is 0 Å². The van der Waals surface area contributed by atoms with E-state index in [1.54, 1.807) is 0 Å². The fourth-order valence-electron chi connectivity index (χ4n) is 9.97. The topological polar surface area (TPSA) is 38.7 Å². The number of hydrogen-bond acceptors (Lipinski definition) is 3. The Kier molecular flexibility index (Phi) is 10.2. The molecule has 0 bridgehead atoms. The van der Waals surface area contributed by atoms with Crippen LogP contribution in [0.2, 0.25) is 0 Å². The van der Waals surface area contributed by atoms with E-state index in [-0.39, 0.29) is 0 Å². The first kappa shape index (κ1) is 40.4. The SMILES string of the molecule is Bc1c(B)c(B)c(-c2cc(-c3ccc4cc(-c5c(B)c(B)c(B)c(-c6nc(-c7ccccc7)nc(-c7ccc8ccccc8c7)n6)c5B)ccc4c3)c3ccccc3c2)c(B)c1B. The van der Waals surface area contributed by atoms with E-state index in [0.29, 0.717) is 17.5 Å². The highest BCUT2D eigenvalue weighted by atomic mass is 15.0. The molecule has 0 N–H and O–H groups in total. The highest BCUT2D eigenvalue weighted by Crippen LogP contribution is 2.36. The summed E-state index contributed by atoms with van der Waals surface area (Å²) in [6, 6.07) is 52.6. The quantitative estimate of drug-likeness (QED) is 0.178. The van der Waals surface area contributed by atoms with Crippen molar-refractivity contribution >= 4 is 152 Å². The summed E-state index contributed by atoms with van der Waals surface area (Å²) in [5.74, 6) is 2.02. The molecule has 0 fully saturated rings. The molecule has 3 nitrogen and oxygen atoms in total. The predicted molar refractivity (Wildman–Crippen MR) is 299 cm³/mol. The van der Waals surface area contributed by atoms with Crippen LogP contribution in [0.15, 0.2) is 146 Å². The van der Waals surface area contributed by atoms with Crippen LogP contribution in [0.5, 0.6) is 0 Å². The highest BCUT2D eigenvalue weighted by molar-refractivity contribution is 6.69. The van der Waals surface area contributed by atoms with Crippen LogP contribution in [0.1, 0.15) is 0 Å². The standard InChI is InChI=1S/C51H42B9N3/c52-40-37(41(53)45(57)44(56)39(40)51-62-49(26-9-2-1-3-10-26)61-50(63-51)33-19-14-25-8-4-5-11-27(25)22-33)32-18-16-28-20-31(17-15-29(28)21-32)36-24-34(23-30-12-6-7-13-35(30)36)38-42(54)46(58)48(60)47(59)43(38)55/h1-24H,52-60H2. The Hall–Kier alpha value is -6.65. The molecule has 0 saturated carbocycles. The van der Waals surface area contributed by atoms with Gasteiger partial charge in [0.15, 0.2) is 17.5 Å². The summed E-state index contributed by atoms with van der Waals surface area (Å²) in [7, 11) is 20.3. The Morgan fingerprint density at radius 3 is 1.38 bits per heavy atom. The minimum Gasteiger partial charge on any atom is -0.208 e. The molecule has 288 valence electrons. The van der Waals surface area contributed by atoms with Gasteiger partial charge < -0.3 is 0 Å². The molecule has 63 heavy (non-hydrogen) atoms. The van der Waals surface area contributed by atoms with Gasteiger partial charge in [-0.3, -0.25) is 0 Å². The number of benzene rings is 9. The third kappa shape index (κ3) is 6.97. The molecular weight excluding hydrogens is 752 g/mol. The minimum absolute atomic E-state index is 0.663. The third-order valence-electron chi connectivity index (χ3n) is 14.1. The molecule has 0 aliphatic carbocycles. The summed E-state index contributed by atoms with van der Waals surface area (Å²) in [5.41, 5.74) is 22.2. The molecule has 0 spiro atoms. The second-order valence-electron chi connectivity index (χ2n) is 17.5. The van der Waals surface area contributed by atoms with Gasteiger partial charge in [0.05, 0.1) is 0 Å². The van der Waals surface area contributed by atoms with Gasteiger partial charge in [-0.05, 0) is 96.0 Å². The molecule has 0 unspecified atom stereocenters. The Morgan fingerprint density at radius 2 is 0.683 bits per heavy atom. The van der Waals surface area contributed by atoms with Gasteiger partial charge in [-0.2, -0.15) is 0 Å². The van der Waals surface area contributed by atoms with E-state index in [9.17, 15) is 0 Å². The van der Waals surface area contributed by atoms with Crippen LogP contribution in [0.4, 0.5) is 0 Å². The van der Waals surface area contributed by atoms with E-state index in [1.807, 2.05) is 18.2 Å². The van der Waals surface area contributed by atoms with Crippen LogP contribution >= 0.6 is 0 Å². The van der Waals surface area contributed by atoms with Crippen molar-refractivity contribution in [3.63, 3.8) is 0 Å². The molecule has 10 rings (SSSR count). The molecule has 0 aliphatic heterocycles. The van der Waals surface area contributed by atoms with Crippen molar-refractivity contribution in [1.82, 2.24) is 15.0 Å². The molecule has 0 amide bonds. The normalized spacial score (nSPS) is 11.4. The molecular formula is C51H42B9N3. The number of fused-ring (bicyclic) bond motifs is 3. The number of nitrogens with zero attached hydrogens (tertiary/aromatic N) is 3. The lowest BCUT2D eigenvalue weighted by Gasteiger charge is -2.22. The van der Waals surface area contributed by atoms with E-state index in [1.165, 1.54) is 104 Å². The fraction of sp³-hybridized carbons (Fsp3) is 0. The molecule has 0 aliphatic rings. The largest absolute Gasteiger partial charge is 0.208 e. The molecule has 0 saturated heterocycles. The van der Waals surface area contributed by atoms with Crippen LogP contribution in [-0.2, 0) is 0 Å². The molecule has 0 atom stereocenters. The number of hydrogen-bond donors (Lipinski definition) is 0. The lowest BCUT2D eigenvalue weighted by Crippen LogP contribution is -2.55. The van der Waals surface area contributed by atoms with Gasteiger partial charge in [0.1, 0.15) is 70.6 Å². The second-order valence-corrected chi connectivity index (χ2v) is 17.5. The maximum absolute atomic E-state index is 5.27. The molecule has 1 heterocycles. The van der Waals surface area contributed by atoms with Crippen molar-refractivity contribution in [3.8, 4) is 67.5 Å². The summed E-state index contributed by atoms with van der Waals surface area (Å²) < 4.78 is 0. The van der Waals surface area contributed by atoms with Crippen LogP contribution < -0.4 is 49.2 Å². The van der Waals surface area contributed by atoms with Crippen molar-refractivity contribution < 1.29 is 0 Å². The minimum atomic E-state index is 0.663. The van der Waals surface area contributed by atoms with Gasteiger partial charge in [0.2, 0.25) is 0 Å². The molecule has 1 aromatic heterocycles. The highest BCUT2D eigenvalue weighted by Gasteiger charge is 2.22. The molecule has 9 aromatic carbocycles. The van der Waals surface area contributed by atoms with Crippen molar-refractivity contribution in [2.24, 2.45) is 0 Å². The zero-order chi connectivity index (χ0) is 43.7. The second kappa shape index (κ2) is 15.9. The Bertz CT molecular complexity index is 3490. The van der Waals surface area contributed by atoms with E-state index in [2.05, 4.69) is 198 Å². The average molecular weight is 794 g/mol. The average Bonchev–Trinajstić information content (AvgIpc) is 3.31. The maximum Gasteiger partial charge on any atom is 0.164 e. The van der Waals surface area contributed by atoms with Gasteiger partial charge in [0.25, 0.3) is 0 Å². The summed E-state index contributed by atoms with van der Waals surface area (Å²) in [6.45, 7) is 0. The van der Waals surface area contributed by atoms with Gasteiger partial charge in [0, 0.05) is 16.7 Å². The smallest absolute Gasteiger partial charge is 0.164 e. The lowest BCUT2D eigenvalue weighted by molar-refractivity contribution is 1.08. The van der Waals surface area contributed by atoms with Crippen molar-refractivity contribution in [3.05, 3.63) is 146 Å². The van der Waals surface area contributed by atoms with E-state index in [4.69, 9.17) is 15.0 Å². The molecule has 10 aromatic rings. The summed E-state index contributed by atoms with van der Waals surface area (Å²) in [5, 5.41) is 7.28. The zero-order valence-electron chi connectivity index (χ0n) is 37.7. The van der Waals surface area contributed by atoms with Crippen molar-refractivity contribution in [1.29, 1.82) is 0 Å². The Labute approximate surface area is 378 Å². The van der Waals surface area contributed by atoms with Crippen LogP contribution in [0.25, 0.3) is 99.9 Å². The summed E-state index contributed by atoms with van der Waals surface area (Å²) in [4.78, 5) is 15.6. The van der Waals surface area contributed by atoms with Crippen LogP contribution in [0, 0.1) is 0 Å². The number of aromatic nitrogens is 3. The first-order chi connectivity index (χ1) is 30.5. The maximum atomic E-state index is 5.27.